The average Bonchev–Trinajstić information content (AvgIpc) is 2.59. The molecular formula is C17H24N6O4S. The lowest BCUT2D eigenvalue weighted by molar-refractivity contribution is -0.119. The number of carbonyl (C=O) groups is 2. The Morgan fingerprint density at radius 2 is 1.79 bits per heavy atom. The molecule has 28 heavy (non-hydrogen) atoms. The van der Waals surface area contributed by atoms with Gasteiger partial charge in [-0.15, -0.1) is 11.8 Å². The summed E-state index contributed by atoms with van der Waals surface area (Å²) in [5.74, 6) is 0.528. The number of aryl methyl sites for hydroxylation is 1. The van der Waals surface area contributed by atoms with E-state index in [1.807, 2.05) is 26.1 Å². The standard InChI is InChI=1S/C17H24N6O4S/c1-17(2,3)14-20-11-10(13(25)23(5)16(27)22(11)4)12(21-14)28-8-6-7-9(24)19-15(18)26/h6-8H2,1-5H3,(H3,18,19,24,26). The first-order chi connectivity index (χ1) is 12.9. The summed E-state index contributed by atoms with van der Waals surface area (Å²) in [6, 6.07) is -0.890. The van der Waals surface area contributed by atoms with Gasteiger partial charge >= 0.3 is 11.7 Å². The molecule has 0 aliphatic heterocycles. The summed E-state index contributed by atoms with van der Waals surface area (Å²) in [6.45, 7) is 5.82. The van der Waals surface area contributed by atoms with Crippen molar-refractivity contribution in [3.8, 4) is 0 Å². The number of nitrogens with two attached hydrogens (primary N) is 1. The van der Waals surface area contributed by atoms with E-state index >= 15 is 0 Å². The number of rotatable bonds is 5. The molecule has 0 spiro atoms. The molecule has 0 saturated heterocycles. The van der Waals surface area contributed by atoms with Gasteiger partial charge in [-0.05, 0) is 6.42 Å². The van der Waals surface area contributed by atoms with Crippen LogP contribution < -0.4 is 22.3 Å². The van der Waals surface area contributed by atoms with Crippen molar-refractivity contribution in [2.45, 2.75) is 44.1 Å². The fourth-order valence-corrected chi connectivity index (χ4v) is 3.43. The lowest BCUT2D eigenvalue weighted by atomic mass is 9.96. The van der Waals surface area contributed by atoms with Crippen LogP contribution in [0.4, 0.5) is 4.79 Å². The second-order valence-electron chi connectivity index (χ2n) is 7.37. The molecule has 3 N–H and O–H groups in total. The predicted molar refractivity (Wildman–Crippen MR) is 106 cm³/mol. The summed E-state index contributed by atoms with van der Waals surface area (Å²) in [5, 5.41) is 2.73. The van der Waals surface area contributed by atoms with Crippen LogP contribution in [0.3, 0.4) is 0 Å². The van der Waals surface area contributed by atoms with E-state index in [4.69, 9.17) is 5.73 Å². The molecule has 10 nitrogen and oxygen atoms in total. The maximum absolute atomic E-state index is 12.7. The van der Waals surface area contributed by atoms with Gasteiger partial charge in [0.2, 0.25) is 5.91 Å². The van der Waals surface area contributed by atoms with Crippen molar-refractivity contribution >= 4 is 34.7 Å². The Balaban J connectivity index is 2.43. The van der Waals surface area contributed by atoms with Crippen LogP contribution in [-0.2, 0) is 24.3 Å². The number of carbonyl (C=O) groups excluding carboxylic acids is 2. The van der Waals surface area contributed by atoms with Gasteiger partial charge in [-0.3, -0.25) is 24.0 Å². The molecule has 2 aromatic rings. The Hall–Kier alpha value is -2.69. The Morgan fingerprint density at radius 1 is 1.14 bits per heavy atom. The van der Waals surface area contributed by atoms with Crippen LogP contribution in [-0.4, -0.2) is 36.8 Å². The molecule has 3 amide bonds. The van der Waals surface area contributed by atoms with Gasteiger partial charge in [0.25, 0.3) is 5.56 Å². The summed E-state index contributed by atoms with van der Waals surface area (Å²) in [6.07, 6.45) is 0.563. The van der Waals surface area contributed by atoms with E-state index < -0.39 is 23.2 Å². The molecule has 2 heterocycles. The minimum Gasteiger partial charge on any atom is -0.351 e. The molecule has 0 atom stereocenters. The SMILES string of the molecule is Cn1c(=O)c2c(SCCCC(=O)NC(N)=O)nc(C(C)(C)C)nc2n(C)c1=O. The second-order valence-corrected chi connectivity index (χ2v) is 8.45. The van der Waals surface area contributed by atoms with Gasteiger partial charge < -0.3 is 5.73 Å². The van der Waals surface area contributed by atoms with Crippen molar-refractivity contribution in [3.63, 3.8) is 0 Å². The Labute approximate surface area is 165 Å². The topological polar surface area (TPSA) is 142 Å². The molecule has 0 bridgehead atoms. The van der Waals surface area contributed by atoms with Crippen LogP contribution in [0.1, 0.15) is 39.4 Å². The maximum Gasteiger partial charge on any atom is 0.332 e. The monoisotopic (exact) mass is 408 g/mol. The number of fused-ring (bicyclic) bond motifs is 1. The lowest BCUT2D eigenvalue weighted by Crippen LogP contribution is -2.38. The highest BCUT2D eigenvalue weighted by Crippen LogP contribution is 2.27. The molecule has 0 aliphatic rings. The van der Waals surface area contributed by atoms with Crippen molar-refractivity contribution in [3.05, 3.63) is 26.7 Å². The second kappa shape index (κ2) is 8.13. The maximum atomic E-state index is 12.7. The number of nitrogens with one attached hydrogen (secondary N) is 1. The van der Waals surface area contributed by atoms with Gasteiger partial charge in [0.05, 0.1) is 0 Å². The highest BCUT2D eigenvalue weighted by molar-refractivity contribution is 7.99. The summed E-state index contributed by atoms with van der Waals surface area (Å²) in [7, 11) is 2.97. The van der Waals surface area contributed by atoms with Gasteiger partial charge in [-0.1, -0.05) is 20.8 Å². The van der Waals surface area contributed by atoms with Crippen molar-refractivity contribution in [2.75, 3.05) is 5.75 Å². The number of amides is 3. The average molecular weight is 408 g/mol. The molecule has 0 aromatic carbocycles. The van der Waals surface area contributed by atoms with Gasteiger partial charge in [0.1, 0.15) is 16.2 Å². The molecule has 0 saturated carbocycles. The molecule has 0 unspecified atom stereocenters. The molecule has 0 aliphatic carbocycles. The fraction of sp³-hybridized carbons (Fsp3) is 0.529. The third kappa shape index (κ3) is 4.58. The highest BCUT2D eigenvalue weighted by atomic mass is 32.2. The number of thioether (sulfide) groups is 1. The van der Waals surface area contributed by atoms with Crippen LogP contribution in [0.5, 0.6) is 0 Å². The zero-order valence-corrected chi connectivity index (χ0v) is 17.3. The lowest BCUT2D eigenvalue weighted by Gasteiger charge is -2.19. The third-order valence-electron chi connectivity index (χ3n) is 3.99. The molecule has 2 rings (SSSR count). The Morgan fingerprint density at radius 3 is 2.36 bits per heavy atom. The van der Waals surface area contributed by atoms with Crippen LogP contribution in [0.2, 0.25) is 0 Å². The normalized spacial score (nSPS) is 11.6. The van der Waals surface area contributed by atoms with Crippen LogP contribution in [0.25, 0.3) is 11.0 Å². The number of primary amides is 1. The van der Waals surface area contributed by atoms with E-state index in [2.05, 4.69) is 9.97 Å². The summed E-state index contributed by atoms with van der Waals surface area (Å²) in [5.41, 5.74) is 3.87. The minimum absolute atomic E-state index is 0.113. The fourth-order valence-electron chi connectivity index (χ4n) is 2.47. The van der Waals surface area contributed by atoms with E-state index in [1.165, 1.54) is 23.4 Å². The number of imide groups is 1. The predicted octanol–water partition coefficient (Wildman–Crippen LogP) is 0.392. The van der Waals surface area contributed by atoms with Gasteiger partial charge in [-0.25, -0.2) is 19.6 Å². The summed E-state index contributed by atoms with van der Waals surface area (Å²) in [4.78, 5) is 56.2. The summed E-state index contributed by atoms with van der Waals surface area (Å²) >= 11 is 1.30. The Bertz CT molecular complexity index is 1050. The first-order valence-corrected chi connectivity index (χ1v) is 9.62. The summed E-state index contributed by atoms with van der Waals surface area (Å²) < 4.78 is 2.35. The molecular weight excluding hydrogens is 384 g/mol. The molecule has 0 radical (unpaired) electrons. The third-order valence-corrected chi connectivity index (χ3v) is 5.05. The van der Waals surface area contributed by atoms with Crippen molar-refractivity contribution < 1.29 is 9.59 Å². The smallest absolute Gasteiger partial charge is 0.332 e. The van der Waals surface area contributed by atoms with E-state index in [-0.39, 0.29) is 22.9 Å². The quantitative estimate of drug-likeness (QED) is 0.414. The zero-order chi connectivity index (χ0) is 21.2. The number of urea groups is 1. The largest absolute Gasteiger partial charge is 0.351 e. The molecule has 2 aromatic heterocycles. The number of hydrogen-bond acceptors (Lipinski definition) is 7. The van der Waals surface area contributed by atoms with Crippen molar-refractivity contribution in [1.29, 1.82) is 0 Å². The molecule has 11 heteroatoms. The van der Waals surface area contributed by atoms with E-state index in [1.54, 1.807) is 7.05 Å². The zero-order valence-electron chi connectivity index (χ0n) is 16.5. The number of hydrogen-bond donors (Lipinski definition) is 2. The van der Waals surface area contributed by atoms with Crippen molar-refractivity contribution in [2.24, 2.45) is 19.8 Å². The first kappa shape index (κ1) is 21.6. The molecule has 0 fully saturated rings. The van der Waals surface area contributed by atoms with Crippen LogP contribution in [0.15, 0.2) is 14.6 Å². The van der Waals surface area contributed by atoms with Gasteiger partial charge in [0, 0.05) is 31.7 Å². The Kier molecular flexibility index (Phi) is 6.27. The van der Waals surface area contributed by atoms with Gasteiger partial charge in [-0.2, -0.15) is 0 Å². The van der Waals surface area contributed by atoms with Crippen LogP contribution >= 0.6 is 11.8 Å². The number of nitrogens with zero attached hydrogens (tertiary/aromatic N) is 4. The minimum atomic E-state index is -0.890. The van der Waals surface area contributed by atoms with Gasteiger partial charge in [0.15, 0.2) is 5.65 Å². The van der Waals surface area contributed by atoms with Crippen LogP contribution in [0, 0.1) is 0 Å². The highest BCUT2D eigenvalue weighted by Gasteiger charge is 2.23. The van der Waals surface area contributed by atoms with Crippen molar-refractivity contribution in [1.82, 2.24) is 24.4 Å². The van der Waals surface area contributed by atoms with E-state index in [9.17, 15) is 19.2 Å². The van der Waals surface area contributed by atoms with E-state index in [0.717, 1.165) is 4.57 Å². The first-order valence-electron chi connectivity index (χ1n) is 8.63. The molecule has 152 valence electrons. The number of aromatic nitrogens is 4. The van der Waals surface area contributed by atoms with E-state index in [0.29, 0.717) is 23.0 Å².